The van der Waals surface area contributed by atoms with Gasteiger partial charge in [-0.2, -0.15) is 16.8 Å². The average Bonchev–Trinajstić information content (AvgIpc) is 2.45. The summed E-state index contributed by atoms with van der Waals surface area (Å²) in [6, 6.07) is 13.1. The van der Waals surface area contributed by atoms with Crippen LogP contribution < -0.4 is 0 Å². The molecule has 0 fully saturated rings. The molecule has 0 aliphatic heterocycles. The molecule has 2 rings (SSSR count). The van der Waals surface area contributed by atoms with Gasteiger partial charge in [-0.1, -0.05) is 48.0 Å². The zero-order valence-corrected chi connectivity index (χ0v) is 13.2. The van der Waals surface area contributed by atoms with Gasteiger partial charge in [-0.25, -0.2) is 4.18 Å². The van der Waals surface area contributed by atoms with Crippen LogP contribution >= 0.6 is 0 Å². The van der Waals surface area contributed by atoms with E-state index in [9.17, 15) is 21.4 Å². The minimum Gasteiger partial charge on any atom is -0.283 e. The highest BCUT2D eigenvalue weighted by Gasteiger charge is 2.32. The summed E-state index contributed by atoms with van der Waals surface area (Å²) in [5, 5.41) is 0. The van der Waals surface area contributed by atoms with Crippen LogP contribution in [0.1, 0.15) is 16.6 Å². The Labute approximate surface area is 129 Å². The van der Waals surface area contributed by atoms with Gasteiger partial charge in [0.2, 0.25) is 5.44 Å². The second kappa shape index (κ2) is 6.17. The largest absolute Gasteiger partial charge is 0.298 e. The summed E-state index contributed by atoms with van der Waals surface area (Å²) in [5.41, 5.74) is -1.16. The van der Waals surface area contributed by atoms with E-state index in [2.05, 4.69) is 0 Å². The lowest BCUT2D eigenvalue weighted by Gasteiger charge is -2.15. The van der Waals surface area contributed by atoms with Gasteiger partial charge in [0.1, 0.15) is 0 Å². The standard InChI is InChI=1S/C14H14O6S2/c1-11-7-9-13(10-8-11)22(18,19)20-14(21(15,16)17)12-5-3-2-4-6-12/h2-10,14H,1H3,(H,15,16,17). The quantitative estimate of drug-likeness (QED) is 0.661. The predicted molar refractivity (Wildman–Crippen MR) is 80.2 cm³/mol. The molecule has 0 saturated carbocycles. The van der Waals surface area contributed by atoms with Crippen molar-refractivity contribution in [2.24, 2.45) is 0 Å². The first-order valence-corrected chi connectivity index (χ1v) is 9.12. The van der Waals surface area contributed by atoms with E-state index in [4.69, 9.17) is 4.18 Å². The van der Waals surface area contributed by atoms with E-state index in [0.717, 1.165) is 5.56 Å². The van der Waals surface area contributed by atoms with Gasteiger partial charge in [0.25, 0.3) is 20.2 Å². The Morgan fingerprint density at radius 1 is 0.909 bits per heavy atom. The molecule has 1 N–H and O–H groups in total. The zero-order chi connectivity index (χ0) is 16.4. The topological polar surface area (TPSA) is 97.7 Å². The predicted octanol–water partition coefficient (Wildman–Crippen LogP) is 2.29. The van der Waals surface area contributed by atoms with E-state index >= 15 is 0 Å². The van der Waals surface area contributed by atoms with Crippen LogP contribution in [0.4, 0.5) is 0 Å². The molecule has 1 atom stereocenters. The summed E-state index contributed by atoms with van der Waals surface area (Å²) in [7, 11) is -9.12. The van der Waals surface area contributed by atoms with E-state index in [1.54, 1.807) is 25.1 Å². The van der Waals surface area contributed by atoms with E-state index in [1.807, 2.05) is 0 Å². The van der Waals surface area contributed by atoms with Crippen molar-refractivity contribution in [1.82, 2.24) is 0 Å². The summed E-state index contributed by atoms with van der Waals surface area (Å²) >= 11 is 0. The Kier molecular flexibility index (Phi) is 4.66. The first-order valence-electron chi connectivity index (χ1n) is 6.21. The Morgan fingerprint density at radius 3 is 1.95 bits per heavy atom. The van der Waals surface area contributed by atoms with Crippen molar-refractivity contribution in [2.45, 2.75) is 17.3 Å². The molecule has 6 nitrogen and oxygen atoms in total. The van der Waals surface area contributed by atoms with Gasteiger partial charge in [0.05, 0.1) is 4.90 Å². The molecular weight excluding hydrogens is 328 g/mol. The van der Waals surface area contributed by atoms with Crippen LogP contribution in [-0.2, 0) is 24.4 Å². The molecule has 0 heterocycles. The summed E-state index contributed by atoms with van der Waals surface area (Å²) in [4.78, 5) is -0.192. The second-order valence-corrected chi connectivity index (χ2v) is 7.65. The van der Waals surface area contributed by atoms with E-state index in [-0.39, 0.29) is 10.5 Å². The minimum absolute atomic E-state index is 0.0145. The minimum atomic E-state index is -4.77. The van der Waals surface area contributed by atoms with Crippen molar-refractivity contribution in [3.05, 3.63) is 65.7 Å². The summed E-state index contributed by atoms with van der Waals surface area (Å²) in [6.45, 7) is 1.78. The summed E-state index contributed by atoms with van der Waals surface area (Å²) < 4.78 is 61.3. The number of rotatable bonds is 5. The van der Waals surface area contributed by atoms with Crippen molar-refractivity contribution >= 4 is 20.2 Å². The van der Waals surface area contributed by atoms with Crippen LogP contribution in [0.5, 0.6) is 0 Å². The van der Waals surface area contributed by atoms with Crippen molar-refractivity contribution in [3.63, 3.8) is 0 Å². The Balaban J connectivity index is 2.41. The lowest BCUT2D eigenvalue weighted by molar-refractivity contribution is 0.266. The fourth-order valence-electron chi connectivity index (χ4n) is 1.76. The van der Waals surface area contributed by atoms with Crippen molar-refractivity contribution in [3.8, 4) is 0 Å². The SMILES string of the molecule is Cc1ccc(S(=O)(=O)OC(c2ccccc2)S(=O)(=O)O)cc1. The molecule has 0 bridgehead atoms. The molecule has 0 aliphatic rings. The first kappa shape index (κ1) is 16.6. The van der Waals surface area contributed by atoms with Crippen LogP contribution in [-0.4, -0.2) is 21.4 Å². The third-order valence-electron chi connectivity index (χ3n) is 2.87. The van der Waals surface area contributed by atoms with Gasteiger partial charge < -0.3 is 0 Å². The van der Waals surface area contributed by atoms with Gasteiger partial charge >= 0.3 is 0 Å². The van der Waals surface area contributed by atoms with Gasteiger partial charge in [-0.3, -0.25) is 4.55 Å². The third kappa shape index (κ3) is 3.92. The molecule has 1 unspecified atom stereocenters. The zero-order valence-electron chi connectivity index (χ0n) is 11.6. The molecule has 22 heavy (non-hydrogen) atoms. The van der Waals surface area contributed by atoms with Gasteiger partial charge in [-0.15, -0.1) is 0 Å². The molecule has 2 aromatic carbocycles. The maximum Gasteiger partial charge on any atom is 0.298 e. The van der Waals surface area contributed by atoms with Crippen molar-refractivity contribution < 1.29 is 25.6 Å². The Bertz CT molecular complexity index is 840. The van der Waals surface area contributed by atoms with Crippen LogP contribution in [0, 0.1) is 6.92 Å². The molecule has 0 aromatic heterocycles. The smallest absolute Gasteiger partial charge is 0.283 e. The fraction of sp³-hybridized carbons (Fsp3) is 0.143. The molecule has 0 aliphatic carbocycles. The van der Waals surface area contributed by atoms with Crippen molar-refractivity contribution in [1.29, 1.82) is 0 Å². The van der Waals surface area contributed by atoms with Crippen LogP contribution in [0.25, 0.3) is 0 Å². The Morgan fingerprint density at radius 2 is 1.45 bits per heavy atom. The normalized spacial score (nSPS) is 13.7. The van der Waals surface area contributed by atoms with Gasteiger partial charge in [0.15, 0.2) is 0 Å². The van der Waals surface area contributed by atoms with E-state index in [1.165, 1.54) is 36.4 Å². The summed E-state index contributed by atoms with van der Waals surface area (Å²) in [6.07, 6.45) is 0. The molecule has 8 heteroatoms. The van der Waals surface area contributed by atoms with Gasteiger partial charge in [0, 0.05) is 0 Å². The molecular formula is C14H14O6S2. The maximum absolute atomic E-state index is 12.2. The first-order chi connectivity index (χ1) is 10.2. The van der Waals surface area contributed by atoms with Crippen LogP contribution in [0.2, 0.25) is 0 Å². The monoisotopic (exact) mass is 342 g/mol. The molecule has 2 aromatic rings. The van der Waals surface area contributed by atoms with E-state index < -0.39 is 25.7 Å². The fourth-order valence-corrected chi connectivity index (χ4v) is 3.89. The highest BCUT2D eigenvalue weighted by Crippen LogP contribution is 2.27. The second-order valence-electron chi connectivity index (χ2n) is 4.62. The number of hydrogen-bond donors (Lipinski definition) is 1. The molecule has 0 amide bonds. The summed E-state index contributed by atoms with van der Waals surface area (Å²) in [5.74, 6) is 0. The molecule has 0 radical (unpaired) electrons. The molecule has 0 saturated heterocycles. The Hall–Kier alpha value is -1.74. The van der Waals surface area contributed by atoms with Crippen molar-refractivity contribution in [2.75, 3.05) is 0 Å². The molecule has 118 valence electrons. The molecule has 0 spiro atoms. The maximum atomic E-state index is 12.2. The number of benzene rings is 2. The lowest BCUT2D eigenvalue weighted by Crippen LogP contribution is -2.20. The lowest BCUT2D eigenvalue weighted by atomic mass is 10.2. The van der Waals surface area contributed by atoms with Gasteiger partial charge in [-0.05, 0) is 24.6 Å². The third-order valence-corrected chi connectivity index (χ3v) is 5.19. The highest BCUT2D eigenvalue weighted by molar-refractivity contribution is 7.89. The van der Waals surface area contributed by atoms with Crippen LogP contribution in [0.3, 0.4) is 0 Å². The highest BCUT2D eigenvalue weighted by atomic mass is 32.2. The average molecular weight is 342 g/mol. The number of hydrogen-bond acceptors (Lipinski definition) is 5. The number of aryl methyl sites for hydroxylation is 1. The van der Waals surface area contributed by atoms with Crippen LogP contribution in [0.15, 0.2) is 59.5 Å². The van der Waals surface area contributed by atoms with E-state index in [0.29, 0.717) is 0 Å².